The second kappa shape index (κ2) is 7.09. The third-order valence-corrected chi connectivity index (χ3v) is 6.17. The van der Waals surface area contributed by atoms with Crippen LogP contribution in [-0.4, -0.2) is 52.3 Å². The first-order valence-electron chi connectivity index (χ1n) is 8.11. The van der Waals surface area contributed by atoms with E-state index in [-0.39, 0.29) is 12.4 Å². The van der Waals surface area contributed by atoms with Gasteiger partial charge in [0.15, 0.2) is 9.84 Å². The third kappa shape index (κ3) is 4.47. The summed E-state index contributed by atoms with van der Waals surface area (Å²) in [7, 11) is -3.11. The van der Waals surface area contributed by atoms with Gasteiger partial charge in [0.05, 0.1) is 4.90 Å². The van der Waals surface area contributed by atoms with Crippen molar-refractivity contribution in [2.75, 3.05) is 39.0 Å². The Hall–Kier alpha value is -0.620. The molecule has 0 saturated carbocycles. The normalized spacial score (nSPS) is 25.5. The highest BCUT2D eigenvalue weighted by Crippen LogP contribution is 2.27. The second-order valence-corrected chi connectivity index (χ2v) is 9.23. The standard InChI is InChI=1S/C17H26N2O2S.ClH/c1-17(7-8-18-12-17)13-19-9-5-14-3-4-16(22(2,20)21)11-15(14)6-10-19;/h3-4,11,18H,5-10,12-13H2,1-2H3;1H. The van der Waals surface area contributed by atoms with Gasteiger partial charge >= 0.3 is 0 Å². The number of nitrogens with one attached hydrogen (secondary N) is 1. The summed E-state index contributed by atoms with van der Waals surface area (Å²) in [5.41, 5.74) is 2.90. The zero-order valence-electron chi connectivity index (χ0n) is 14.0. The predicted octanol–water partition coefficient (Wildman–Crippen LogP) is 1.91. The van der Waals surface area contributed by atoms with E-state index in [2.05, 4.69) is 17.1 Å². The molecule has 6 heteroatoms. The molecular weight excluding hydrogens is 332 g/mol. The Balaban J connectivity index is 0.00000192. The Kier molecular flexibility index (Phi) is 5.77. The van der Waals surface area contributed by atoms with Gasteiger partial charge in [-0.25, -0.2) is 8.42 Å². The molecule has 0 aromatic heterocycles. The minimum absolute atomic E-state index is 0. The van der Waals surface area contributed by atoms with E-state index < -0.39 is 9.84 Å². The highest BCUT2D eigenvalue weighted by Gasteiger charge is 2.31. The van der Waals surface area contributed by atoms with E-state index in [1.807, 2.05) is 12.1 Å². The average Bonchev–Trinajstić information content (AvgIpc) is 2.77. The molecule has 2 aliphatic heterocycles. The van der Waals surface area contributed by atoms with E-state index in [9.17, 15) is 8.42 Å². The predicted molar refractivity (Wildman–Crippen MR) is 96.2 cm³/mol. The van der Waals surface area contributed by atoms with Crippen molar-refractivity contribution in [3.05, 3.63) is 29.3 Å². The Morgan fingerprint density at radius 1 is 1.22 bits per heavy atom. The number of sulfone groups is 1. The van der Waals surface area contributed by atoms with Crippen LogP contribution in [0.15, 0.2) is 23.1 Å². The van der Waals surface area contributed by atoms with Gasteiger partial charge in [0, 0.05) is 32.4 Å². The van der Waals surface area contributed by atoms with Crippen LogP contribution in [0.5, 0.6) is 0 Å². The molecule has 1 aromatic rings. The van der Waals surface area contributed by atoms with Crippen LogP contribution in [0.2, 0.25) is 0 Å². The number of rotatable bonds is 3. The van der Waals surface area contributed by atoms with Gasteiger partial charge in [-0.3, -0.25) is 0 Å². The molecule has 1 unspecified atom stereocenters. The fourth-order valence-electron chi connectivity index (χ4n) is 3.68. The molecule has 23 heavy (non-hydrogen) atoms. The highest BCUT2D eigenvalue weighted by molar-refractivity contribution is 7.90. The number of fused-ring (bicyclic) bond motifs is 1. The zero-order chi connectivity index (χ0) is 15.8. The van der Waals surface area contributed by atoms with Crippen molar-refractivity contribution in [2.24, 2.45) is 5.41 Å². The van der Waals surface area contributed by atoms with Gasteiger partial charge in [-0.2, -0.15) is 0 Å². The zero-order valence-corrected chi connectivity index (χ0v) is 15.6. The fourth-order valence-corrected chi connectivity index (χ4v) is 4.35. The first-order valence-corrected chi connectivity index (χ1v) is 10.00. The maximum Gasteiger partial charge on any atom is 0.175 e. The van der Waals surface area contributed by atoms with Crippen LogP contribution in [0.3, 0.4) is 0 Å². The minimum atomic E-state index is -3.11. The lowest BCUT2D eigenvalue weighted by Gasteiger charge is -2.31. The lowest BCUT2D eigenvalue weighted by Crippen LogP contribution is -2.38. The van der Waals surface area contributed by atoms with E-state index in [0.717, 1.165) is 45.6 Å². The molecule has 130 valence electrons. The smallest absolute Gasteiger partial charge is 0.175 e. The Morgan fingerprint density at radius 3 is 2.52 bits per heavy atom. The first-order chi connectivity index (χ1) is 10.4. The molecule has 1 fully saturated rings. The monoisotopic (exact) mass is 358 g/mol. The van der Waals surface area contributed by atoms with Crippen LogP contribution >= 0.6 is 12.4 Å². The maximum absolute atomic E-state index is 11.7. The number of hydrogen-bond acceptors (Lipinski definition) is 4. The van der Waals surface area contributed by atoms with Crippen LogP contribution in [0.1, 0.15) is 24.5 Å². The summed E-state index contributed by atoms with van der Waals surface area (Å²) in [6, 6.07) is 5.65. The van der Waals surface area contributed by atoms with E-state index in [1.165, 1.54) is 23.8 Å². The molecule has 0 spiro atoms. The number of hydrogen-bond donors (Lipinski definition) is 1. The minimum Gasteiger partial charge on any atom is -0.316 e. The molecule has 4 nitrogen and oxygen atoms in total. The third-order valence-electron chi connectivity index (χ3n) is 5.06. The number of benzene rings is 1. The van der Waals surface area contributed by atoms with Gasteiger partial charge in [0.1, 0.15) is 0 Å². The van der Waals surface area contributed by atoms with Crippen molar-refractivity contribution in [1.82, 2.24) is 10.2 Å². The lowest BCUT2D eigenvalue weighted by molar-refractivity contribution is 0.184. The van der Waals surface area contributed by atoms with Crippen molar-refractivity contribution < 1.29 is 8.42 Å². The average molecular weight is 359 g/mol. The van der Waals surface area contributed by atoms with Gasteiger partial charge in [0.2, 0.25) is 0 Å². The largest absolute Gasteiger partial charge is 0.316 e. The van der Waals surface area contributed by atoms with Crippen LogP contribution in [0.4, 0.5) is 0 Å². The van der Waals surface area contributed by atoms with E-state index in [0.29, 0.717) is 10.3 Å². The summed E-state index contributed by atoms with van der Waals surface area (Å²) >= 11 is 0. The first kappa shape index (κ1) is 18.7. The summed E-state index contributed by atoms with van der Waals surface area (Å²) in [4.78, 5) is 3.00. The Bertz CT molecular complexity index is 655. The molecule has 2 aliphatic rings. The van der Waals surface area contributed by atoms with Crippen molar-refractivity contribution in [1.29, 1.82) is 0 Å². The molecule has 3 rings (SSSR count). The molecule has 0 amide bonds. The van der Waals surface area contributed by atoms with Gasteiger partial charge in [-0.1, -0.05) is 13.0 Å². The molecule has 1 atom stereocenters. The van der Waals surface area contributed by atoms with E-state index in [1.54, 1.807) is 6.07 Å². The Labute approximate surface area is 146 Å². The van der Waals surface area contributed by atoms with Crippen molar-refractivity contribution in [3.63, 3.8) is 0 Å². The molecule has 1 aromatic carbocycles. The van der Waals surface area contributed by atoms with Crippen LogP contribution in [0, 0.1) is 5.41 Å². The van der Waals surface area contributed by atoms with Crippen LogP contribution in [-0.2, 0) is 22.7 Å². The number of nitrogens with zero attached hydrogens (tertiary/aromatic N) is 1. The summed E-state index contributed by atoms with van der Waals surface area (Å²) in [6.45, 7) is 7.83. The molecule has 0 bridgehead atoms. The maximum atomic E-state index is 11.7. The highest BCUT2D eigenvalue weighted by atomic mass is 35.5. The van der Waals surface area contributed by atoms with E-state index >= 15 is 0 Å². The van der Waals surface area contributed by atoms with Crippen molar-refractivity contribution in [3.8, 4) is 0 Å². The molecular formula is C17H27ClN2O2S. The van der Waals surface area contributed by atoms with Gasteiger partial charge < -0.3 is 10.2 Å². The number of halogens is 1. The summed E-state index contributed by atoms with van der Waals surface area (Å²) in [5, 5.41) is 3.47. The summed E-state index contributed by atoms with van der Waals surface area (Å²) in [5.74, 6) is 0. The molecule has 1 saturated heterocycles. The molecule has 0 aliphatic carbocycles. The SMILES string of the molecule is CC1(CN2CCc3ccc(S(C)(=O)=O)cc3CC2)CCNC1.Cl. The van der Waals surface area contributed by atoms with Gasteiger partial charge in [-0.15, -0.1) is 12.4 Å². The van der Waals surface area contributed by atoms with Crippen molar-refractivity contribution in [2.45, 2.75) is 31.1 Å². The van der Waals surface area contributed by atoms with E-state index in [4.69, 9.17) is 0 Å². The summed E-state index contributed by atoms with van der Waals surface area (Å²) in [6.07, 6.45) is 4.49. The fraction of sp³-hybridized carbons (Fsp3) is 0.647. The quantitative estimate of drug-likeness (QED) is 0.896. The molecule has 1 N–H and O–H groups in total. The second-order valence-electron chi connectivity index (χ2n) is 7.22. The Morgan fingerprint density at radius 2 is 1.91 bits per heavy atom. The molecule has 0 radical (unpaired) electrons. The summed E-state index contributed by atoms with van der Waals surface area (Å²) < 4.78 is 23.4. The van der Waals surface area contributed by atoms with Gasteiger partial charge in [0.25, 0.3) is 0 Å². The van der Waals surface area contributed by atoms with Crippen molar-refractivity contribution >= 4 is 22.2 Å². The lowest BCUT2D eigenvalue weighted by atomic mass is 9.89. The van der Waals surface area contributed by atoms with Crippen LogP contribution in [0.25, 0.3) is 0 Å². The molecule has 2 heterocycles. The topological polar surface area (TPSA) is 49.4 Å². The van der Waals surface area contributed by atoms with Crippen LogP contribution < -0.4 is 5.32 Å². The van der Waals surface area contributed by atoms with Gasteiger partial charge in [-0.05, 0) is 54.5 Å².